The number of Topliss-reactive ketones (excluding diaryl/α,β-unsaturated/α-hetero) is 2. The lowest BCUT2D eigenvalue weighted by molar-refractivity contribution is 0.101. The summed E-state index contributed by atoms with van der Waals surface area (Å²) in [5.74, 6) is 0.00773. The van der Waals surface area contributed by atoms with E-state index in [4.69, 9.17) is 0 Å². The van der Waals surface area contributed by atoms with Gasteiger partial charge in [0.05, 0.1) is 11.3 Å². The lowest BCUT2D eigenvalue weighted by Crippen LogP contribution is -1.99. The van der Waals surface area contributed by atoms with Gasteiger partial charge in [0.15, 0.2) is 11.6 Å². The maximum absolute atomic E-state index is 11.5. The lowest BCUT2D eigenvalue weighted by atomic mass is 10.1. The van der Waals surface area contributed by atoms with Crippen molar-refractivity contribution in [1.29, 1.82) is 0 Å². The van der Waals surface area contributed by atoms with E-state index in [2.05, 4.69) is 0 Å². The average Bonchev–Trinajstić information content (AvgIpc) is 2.60. The van der Waals surface area contributed by atoms with Crippen molar-refractivity contribution >= 4 is 27.7 Å². The van der Waals surface area contributed by atoms with Crippen LogP contribution >= 0.6 is 11.3 Å². The summed E-state index contributed by atoms with van der Waals surface area (Å²) in [5.41, 5.74) is 2.09. The van der Waals surface area contributed by atoms with E-state index in [1.54, 1.807) is 4.40 Å². The molecule has 15 heavy (non-hydrogen) atoms. The van der Waals surface area contributed by atoms with Gasteiger partial charge >= 0.3 is 0 Å². The fraction of sp³-hybridized carbons (Fsp3) is 0.273. The normalized spacial score (nSPS) is 10.9. The first-order valence-electron chi connectivity index (χ1n) is 4.64. The molecule has 0 fully saturated rings. The third-order valence-corrected chi connectivity index (χ3v) is 3.36. The van der Waals surface area contributed by atoms with Crippen molar-refractivity contribution in [3.05, 3.63) is 28.4 Å². The van der Waals surface area contributed by atoms with Gasteiger partial charge in [-0.1, -0.05) is 0 Å². The predicted octanol–water partition coefficient (Wildman–Crippen LogP) is 2.71. The van der Waals surface area contributed by atoms with Crippen molar-refractivity contribution in [3.8, 4) is 0 Å². The summed E-state index contributed by atoms with van der Waals surface area (Å²) in [6, 6.07) is 0. The highest BCUT2D eigenvalue weighted by Crippen LogP contribution is 2.27. The Balaban J connectivity index is 2.92. The molecule has 0 atom stereocenters. The topological polar surface area (TPSA) is 38.5 Å². The van der Waals surface area contributed by atoms with Gasteiger partial charge in [0.25, 0.3) is 0 Å². The summed E-state index contributed by atoms with van der Waals surface area (Å²) < 4.78 is 1.80. The minimum absolute atomic E-state index is 0.00611. The predicted molar refractivity (Wildman–Crippen MR) is 60.0 cm³/mol. The number of carbonyl (C=O) groups is 2. The van der Waals surface area contributed by atoms with Crippen LogP contribution in [0.5, 0.6) is 0 Å². The molecule has 4 heteroatoms. The molecule has 0 aromatic carbocycles. The SMILES string of the molecule is CC(=O)c1c(C)c(C(C)=O)n2ccsc12. The summed E-state index contributed by atoms with van der Waals surface area (Å²) >= 11 is 1.48. The molecule has 0 saturated heterocycles. The molecule has 2 rings (SSSR count). The van der Waals surface area contributed by atoms with Crippen LogP contribution in [0.25, 0.3) is 4.83 Å². The van der Waals surface area contributed by atoms with Gasteiger partial charge in [-0.2, -0.15) is 0 Å². The van der Waals surface area contributed by atoms with Crippen LogP contribution in [0.3, 0.4) is 0 Å². The second-order valence-electron chi connectivity index (χ2n) is 3.54. The molecule has 0 saturated carbocycles. The molecule has 2 aromatic rings. The first-order chi connectivity index (χ1) is 7.04. The van der Waals surface area contributed by atoms with Crippen LogP contribution in [-0.4, -0.2) is 16.0 Å². The number of thiazole rings is 1. The molecule has 78 valence electrons. The van der Waals surface area contributed by atoms with Crippen molar-refractivity contribution < 1.29 is 9.59 Å². The molecule has 2 aromatic heterocycles. The fourth-order valence-corrected chi connectivity index (χ4v) is 2.94. The van der Waals surface area contributed by atoms with Crippen molar-refractivity contribution in [2.24, 2.45) is 0 Å². The lowest BCUT2D eigenvalue weighted by Gasteiger charge is -1.95. The number of rotatable bonds is 2. The molecule has 0 radical (unpaired) electrons. The molecule has 0 bridgehead atoms. The van der Waals surface area contributed by atoms with Gasteiger partial charge in [0, 0.05) is 18.5 Å². The van der Waals surface area contributed by atoms with Gasteiger partial charge < -0.3 is 4.40 Å². The van der Waals surface area contributed by atoms with E-state index in [-0.39, 0.29) is 11.6 Å². The Morgan fingerprint density at radius 1 is 1.27 bits per heavy atom. The Morgan fingerprint density at radius 2 is 1.93 bits per heavy atom. The van der Waals surface area contributed by atoms with E-state index >= 15 is 0 Å². The van der Waals surface area contributed by atoms with Gasteiger partial charge in [-0.25, -0.2) is 0 Å². The van der Waals surface area contributed by atoms with Crippen LogP contribution in [0.2, 0.25) is 0 Å². The molecule has 0 aliphatic rings. The Morgan fingerprint density at radius 3 is 2.47 bits per heavy atom. The molecule has 0 N–H and O–H groups in total. The highest BCUT2D eigenvalue weighted by molar-refractivity contribution is 7.16. The van der Waals surface area contributed by atoms with Gasteiger partial charge in [0.2, 0.25) is 0 Å². The molecule has 3 nitrogen and oxygen atoms in total. The highest BCUT2D eigenvalue weighted by Gasteiger charge is 2.20. The summed E-state index contributed by atoms with van der Waals surface area (Å²) in [7, 11) is 0. The summed E-state index contributed by atoms with van der Waals surface area (Å²) in [5, 5.41) is 1.88. The van der Waals surface area contributed by atoms with Gasteiger partial charge in [-0.3, -0.25) is 9.59 Å². The fourth-order valence-electron chi connectivity index (χ4n) is 1.94. The van der Waals surface area contributed by atoms with Crippen LogP contribution in [0.1, 0.15) is 40.3 Å². The number of hydrogen-bond acceptors (Lipinski definition) is 3. The number of nitrogens with zero attached hydrogens (tertiary/aromatic N) is 1. The summed E-state index contributed by atoms with van der Waals surface area (Å²) in [6.07, 6.45) is 1.83. The van der Waals surface area contributed by atoms with Gasteiger partial charge in [-0.15, -0.1) is 11.3 Å². The zero-order chi connectivity index (χ0) is 11.2. The molecule has 0 spiro atoms. The second-order valence-corrected chi connectivity index (χ2v) is 4.43. The minimum atomic E-state index is -0.00611. The maximum Gasteiger partial charge on any atom is 0.176 e. The minimum Gasteiger partial charge on any atom is -0.304 e. The van der Waals surface area contributed by atoms with Crippen LogP contribution in [-0.2, 0) is 0 Å². The molecule has 2 heterocycles. The van der Waals surface area contributed by atoms with Gasteiger partial charge in [-0.05, 0) is 19.4 Å². The monoisotopic (exact) mass is 221 g/mol. The number of ketones is 2. The Kier molecular flexibility index (Phi) is 2.23. The van der Waals surface area contributed by atoms with E-state index in [1.807, 2.05) is 18.5 Å². The smallest absolute Gasteiger partial charge is 0.176 e. The maximum atomic E-state index is 11.5. The molecule has 0 unspecified atom stereocenters. The largest absolute Gasteiger partial charge is 0.304 e. The van der Waals surface area contributed by atoms with Crippen LogP contribution in [0, 0.1) is 6.92 Å². The molecular weight excluding hydrogens is 210 g/mol. The van der Waals surface area contributed by atoms with E-state index in [0.29, 0.717) is 11.3 Å². The Labute approximate surface area is 91.3 Å². The van der Waals surface area contributed by atoms with Crippen LogP contribution in [0.4, 0.5) is 0 Å². The molecule has 0 aliphatic carbocycles. The Bertz CT molecular complexity index is 516. The van der Waals surface area contributed by atoms with E-state index in [1.165, 1.54) is 25.2 Å². The van der Waals surface area contributed by atoms with Crippen molar-refractivity contribution in [2.45, 2.75) is 20.8 Å². The Hall–Kier alpha value is -1.42. The average molecular weight is 221 g/mol. The van der Waals surface area contributed by atoms with E-state index < -0.39 is 0 Å². The quantitative estimate of drug-likeness (QED) is 0.731. The number of aromatic nitrogens is 1. The number of fused-ring (bicyclic) bond motifs is 1. The molecular formula is C11H11NO2S. The second kappa shape index (κ2) is 3.31. The molecule has 0 aliphatic heterocycles. The highest BCUT2D eigenvalue weighted by atomic mass is 32.1. The first kappa shape index (κ1) is 10.1. The number of carbonyl (C=O) groups excluding carboxylic acids is 2. The summed E-state index contributed by atoms with van der Waals surface area (Å²) in [6.45, 7) is 4.88. The first-order valence-corrected chi connectivity index (χ1v) is 5.52. The molecule has 0 amide bonds. The van der Waals surface area contributed by atoms with Crippen LogP contribution < -0.4 is 0 Å². The van der Waals surface area contributed by atoms with Crippen LogP contribution in [0.15, 0.2) is 11.6 Å². The van der Waals surface area contributed by atoms with Crippen molar-refractivity contribution in [2.75, 3.05) is 0 Å². The van der Waals surface area contributed by atoms with Gasteiger partial charge in [0.1, 0.15) is 4.83 Å². The standard InChI is InChI=1S/C11H11NO2S/c1-6-9(7(2)13)11-12(4-5-15-11)10(6)8(3)14/h4-5H,1-3H3. The third kappa shape index (κ3) is 1.33. The zero-order valence-electron chi connectivity index (χ0n) is 8.83. The van der Waals surface area contributed by atoms with Crippen molar-refractivity contribution in [1.82, 2.24) is 4.40 Å². The van der Waals surface area contributed by atoms with E-state index in [9.17, 15) is 9.59 Å². The summed E-state index contributed by atoms with van der Waals surface area (Å²) in [4.78, 5) is 23.8. The van der Waals surface area contributed by atoms with E-state index in [0.717, 1.165) is 10.4 Å². The third-order valence-electron chi connectivity index (χ3n) is 2.48. The number of hydrogen-bond donors (Lipinski definition) is 0. The zero-order valence-corrected chi connectivity index (χ0v) is 9.64. The van der Waals surface area contributed by atoms with Crippen molar-refractivity contribution in [3.63, 3.8) is 0 Å².